The lowest BCUT2D eigenvalue weighted by atomic mass is 10.1. The molecular formula is C19H24F2N4O5. The summed E-state index contributed by atoms with van der Waals surface area (Å²) >= 11 is 0. The molecule has 0 radical (unpaired) electrons. The Bertz CT molecular complexity index is 990. The van der Waals surface area contributed by atoms with Gasteiger partial charge in [-0.25, -0.2) is 4.79 Å². The van der Waals surface area contributed by atoms with Crippen molar-refractivity contribution < 1.29 is 23.0 Å². The molecule has 164 valence electrons. The summed E-state index contributed by atoms with van der Waals surface area (Å²) in [4.78, 5) is 41.0. The molecule has 2 rings (SSSR count). The molecule has 0 aliphatic rings. The normalized spacial score (nSPS) is 11.0. The molecule has 0 spiro atoms. The number of nitrogens with one attached hydrogen (secondary N) is 1. The third kappa shape index (κ3) is 5.44. The number of hydrogen-bond donors (Lipinski definition) is 2. The Kier molecular flexibility index (Phi) is 8.10. The molecule has 1 amide bonds. The smallest absolute Gasteiger partial charge is 0.387 e. The predicted octanol–water partition coefficient (Wildman–Crippen LogP) is 1.81. The number of benzene rings is 1. The lowest BCUT2D eigenvalue weighted by Gasteiger charge is -2.24. The Labute approximate surface area is 171 Å². The number of H-pyrrole nitrogens is 1. The summed E-state index contributed by atoms with van der Waals surface area (Å²) in [5.74, 6) is -1.07. The summed E-state index contributed by atoms with van der Waals surface area (Å²) in [5.41, 5.74) is 4.36. The monoisotopic (exact) mass is 426 g/mol. The molecule has 1 aromatic carbocycles. The van der Waals surface area contributed by atoms with Gasteiger partial charge in [-0.05, 0) is 24.6 Å². The van der Waals surface area contributed by atoms with Crippen LogP contribution in [0, 0.1) is 0 Å². The fourth-order valence-corrected chi connectivity index (χ4v) is 2.84. The molecular weight excluding hydrogens is 402 g/mol. The summed E-state index contributed by atoms with van der Waals surface area (Å²) < 4.78 is 35.5. The van der Waals surface area contributed by atoms with E-state index >= 15 is 0 Å². The fourth-order valence-electron chi connectivity index (χ4n) is 2.84. The first-order valence-corrected chi connectivity index (χ1v) is 9.28. The third-order valence-corrected chi connectivity index (χ3v) is 4.29. The van der Waals surface area contributed by atoms with Gasteiger partial charge in [0.2, 0.25) is 0 Å². The standard InChI is InChI=1S/C19H24F2N4O5/c1-3-4-8-25-15(22)14(16(26)23-19(25)28)24(9-10-29-2)17(27)12-6-5-7-13(11-12)30-18(20)21/h5-7,11,18H,3-4,8-10,22H2,1-2H3,(H,23,26,28). The molecule has 11 heteroatoms. The lowest BCUT2D eigenvalue weighted by Crippen LogP contribution is -2.42. The highest BCUT2D eigenvalue weighted by atomic mass is 19.3. The van der Waals surface area contributed by atoms with Crippen molar-refractivity contribution in [2.45, 2.75) is 32.9 Å². The number of unbranched alkanes of at least 4 members (excludes halogenated alkanes) is 1. The van der Waals surface area contributed by atoms with Gasteiger partial charge in [0.15, 0.2) is 5.69 Å². The molecule has 0 saturated heterocycles. The SMILES string of the molecule is CCCCn1c(N)c(N(CCOC)C(=O)c2cccc(OC(F)F)c2)c(=O)[nH]c1=O. The van der Waals surface area contributed by atoms with E-state index in [2.05, 4.69) is 9.72 Å². The Hall–Kier alpha value is -3.21. The summed E-state index contributed by atoms with van der Waals surface area (Å²) in [5, 5.41) is 0. The van der Waals surface area contributed by atoms with Crippen LogP contribution in [0.15, 0.2) is 33.9 Å². The number of ether oxygens (including phenoxy) is 2. The number of alkyl halides is 2. The summed E-state index contributed by atoms with van der Waals surface area (Å²) in [7, 11) is 1.41. The number of nitrogens with zero attached hydrogens (tertiary/aromatic N) is 2. The zero-order valence-electron chi connectivity index (χ0n) is 16.7. The molecule has 0 unspecified atom stereocenters. The third-order valence-electron chi connectivity index (χ3n) is 4.29. The van der Waals surface area contributed by atoms with E-state index in [-0.39, 0.29) is 42.5 Å². The van der Waals surface area contributed by atoms with E-state index in [9.17, 15) is 23.2 Å². The highest BCUT2D eigenvalue weighted by Gasteiger charge is 2.25. The Balaban J connectivity index is 2.54. The maximum atomic E-state index is 13.1. The highest BCUT2D eigenvalue weighted by molar-refractivity contribution is 6.07. The van der Waals surface area contributed by atoms with Crippen molar-refractivity contribution in [1.82, 2.24) is 9.55 Å². The first-order valence-electron chi connectivity index (χ1n) is 9.28. The zero-order chi connectivity index (χ0) is 22.3. The summed E-state index contributed by atoms with van der Waals surface area (Å²) in [6.45, 7) is -0.868. The number of anilines is 2. The number of carbonyl (C=O) groups excluding carboxylic acids is 1. The van der Waals surface area contributed by atoms with Gasteiger partial charge in [0, 0.05) is 25.8 Å². The predicted molar refractivity (Wildman–Crippen MR) is 107 cm³/mol. The Morgan fingerprint density at radius 1 is 1.33 bits per heavy atom. The number of aromatic amines is 1. The van der Waals surface area contributed by atoms with Gasteiger partial charge < -0.3 is 15.2 Å². The number of amides is 1. The second kappa shape index (κ2) is 10.5. The van der Waals surface area contributed by atoms with Crippen LogP contribution >= 0.6 is 0 Å². The first kappa shape index (κ1) is 23.1. The molecule has 1 aromatic heterocycles. The van der Waals surface area contributed by atoms with E-state index in [0.29, 0.717) is 6.42 Å². The van der Waals surface area contributed by atoms with Crippen molar-refractivity contribution in [3.05, 3.63) is 50.7 Å². The van der Waals surface area contributed by atoms with Crippen LogP contribution in [0.5, 0.6) is 5.75 Å². The van der Waals surface area contributed by atoms with E-state index in [0.717, 1.165) is 17.4 Å². The number of nitrogens with two attached hydrogens (primary N) is 1. The van der Waals surface area contributed by atoms with E-state index in [1.165, 1.54) is 29.9 Å². The Morgan fingerprint density at radius 3 is 2.70 bits per heavy atom. The molecule has 0 aliphatic heterocycles. The van der Waals surface area contributed by atoms with Crippen LogP contribution in [0.25, 0.3) is 0 Å². The molecule has 0 bridgehead atoms. The van der Waals surface area contributed by atoms with Crippen molar-refractivity contribution >= 4 is 17.4 Å². The molecule has 2 aromatic rings. The zero-order valence-corrected chi connectivity index (χ0v) is 16.7. The highest BCUT2D eigenvalue weighted by Crippen LogP contribution is 2.22. The molecule has 3 N–H and O–H groups in total. The minimum Gasteiger partial charge on any atom is -0.435 e. The summed E-state index contributed by atoms with van der Waals surface area (Å²) in [6.07, 6.45) is 1.41. The van der Waals surface area contributed by atoms with Gasteiger partial charge in [0.05, 0.1) is 6.61 Å². The van der Waals surface area contributed by atoms with Crippen molar-refractivity contribution in [2.75, 3.05) is 30.9 Å². The summed E-state index contributed by atoms with van der Waals surface area (Å²) in [6, 6.07) is 5.16. The molecule has 0 aliphatic carbocycles. The van der Waals surface area contributed by atoms with E-state index < -0.39 is 23.8 Å². The first-order chi connectivity index (χ1) is 14.3. The van der Waals surface area contributed by atoms with E-state index in [1.807, 2.05) is 6.92 Å². The largest absolute Gasteiger partial charge is 0.435 e. The number of aromatic nitrogens is 2. The van der Waals surface area contributed by atoms with Crippen LogP contribution in [-0.4, -0.2) is 42.3 Å². The van der Waals surface area contributed by atoms with Crippen molar-refractivity contribution in [2.24, 2.45) is 0 Å². The van der Waals surface area contributed by atoms with Gasteiger partial charge >= 0.3 is 12.3 Å². The minimum absolute atomic E-state index is 0.00522. The quantitative estimate of drug-likeness (QED) is 0.598. The van der Waals surface area contributed by atoms with Crippen molar-refractivity contribution in [3.8, 4) is 5.75 Å². The van der Waals surface area contributed by atoms with Gasteiger partial charge in [-0.2, -0.15) is 8.78 Å². The molecule has 0 saturated carbocycles. The van der Waals surface area contributed by atoms with Crippen LogP contribution in [0.1, 0.15) is 30.1 Å². The minimum atomic E-state index is -3.06. The van der Waals surface area contributed by atoms with Crippen LogP contribution in [-0.2, 0) is 11.3 Å². The van der Waals surface area contributed by atoms with Crippen molar-refractivity contribution in [1.29, 1.82) is 0 Å². The van der Waals surface area contributed by atoms with Crippen LogP contribution in [0.3, 0.4) is 0 Å². The number of methoxy groups -OCH3 is 1. The second-order valence-corrected chi connectivity index (χ2v) is 6.35. The Morgan fingerprint density at radius 2 is 2.07 bits per heavy atom. The van der Waals surface area contributed by atoms with Gasteiger partial charge in [0.1, 0.15) is 11.6 Å². The number of hydrogen-bond acceptors (Lipinski definition) is 6. The topological polar surface area (TPSA) is 120 Å². The molecule has 9 nitrogen and oxygen atoms in total. The van der Waals surface area contributed by atoms with Crippen LogP contribution in [0.4, 0.5) is 20.3 Å². The van der Waals surface area contributed by atoms with Gasteiger partial charge in [-0.15, -0.1) is 0 Å². The maximum absolute atomic E-state index is 13.1. The molecule has 0 atom stereocenters. The molecule has 30 heavy (non-hydrogen) atoms. The van der Waals surface area contributed by atoms with Gasteiger partial charge in [0.25, 0.3) is 11.5 Å². The molecule has 1 heterocycles. The second-order valence-electron chi connectivity index (χ2n) is 6.35. The van der Waals surface area contributed by atoms with E-state index in [4.69, 9.17) is 10.5 Å². The lowest BCUT2D eigenvalue weighted by molar-refractivity contribution is -0.0498. The van der Waals surface area contributed by atoms with Crippen molar-refractivity contribution in [3.63, 3.8) is 0 Å². The average molecular weight is 426 g/mol. The van der Waals surface area contributed by atoms with Crippen LogP contribution in [0.2, 0.25) is 0 Å². The number of carbonyl (C=O) groups is 1. The molecule has 0 fully saturated rings. The fraction of sp³-hybridized carbons (Fsp3) is 0.421. The number of nitrogen functional groups attached to an aromatic ring is 1. The van der Waals surface area contributed by atoms with E-state index in [1.54, 1.807) is 0 Å². The van der Waals surface area contributed by atoms with Gasteiger partial charge in [-0.3, -0.25) is 24.0 Å². The maximum Gasteiger partial charge on any atom is 0.387 e. The van der Waals surface area contributed by atoms with Gasteiger partial charge in [-0.1, -0.05) is 19.4 Å². The number of halogens is 2. The van der Waals surface area contributed by atoms with Crippen LogP contribution < -0.4 is 26.6 Å². The average Bonchev–Trinajstić information content (AvgIpc) is 2.69. The number of rotatable bonds is 10.